The summed E-state index contributed by atoms with van der Waals surface area (Å²) in [7, 11) is 0. The summed E-state index contributed by atoms with van der Waals surface area (Å²) in [5, 5.41) is 7.51. The second-order valence-corrected chi connectivity index (χ2v) is 3.03. The highest BCUT2D eigenvalue weighted by Gasteiger charge is 1.82. The largest absolute Gasteiger partial charge is 0.435 e. The van der Waals surface area contributed by atoms with Gasteiger partial charge in [0, 0.05) is 13.0 Å². The van der Waals surface area contributed by atoms with Crippen molar-refractivity contribution in [2.75, 3.05) is 0 Å². The molecule has 0 atom stereocenters. The van der Waals surface area contributed by atoms with Crippen molar-refractivity contribution >= 4 is 5.97 Å². The number of hydrogen-bond donors (Lipinski definition) is 0. The number of nitriles is 1. The minimum absolute atomic E-state index is 0.329. The lowest BCUT2D eigenvalue weighted by atomic mass is 10.1. The third-order valence-corrected chi connectivity index (χ3v) is 0.979. The van der Waals surface area contributed by atoms with Gasteiger partial charge in [0.2, 0.25) is 0 Å². The number of nitrogens with zero attached hydrogens (tertiary/aromatic N) is 1. The van der Waals surface area contributed by atoms with Crippen LogP contribution in [0.5, 0.6) is 0 Å². The average molecular weight is 223 g/mol. The van der Waals surface area contributed by atoms with Crippen LogP contribution < -0.4 is 0 Å². The minimum atomic E-state index is -0.329. The van der Waals surface area contributed by atoms with Gasteiger partial charge in [-0.3, -0.25) is 4.79 Å². The van der Waals surface area contributed by atoms with E-state index in [1.165, 1.54) is 13.0 Å². The molecule has 0 bridgehead atoms. The van der Waals surface area contributed by atoms with Crippen molar-refractivity contribution in [3.05, 3.63) is 38.2 Å². The molecule has 0 unspecified atom stereocenters. The van der Waals surface area contributed by atoms with Gasteiger partial charge in [0.15, 0.2) is 0 Å². The summed E-state index contributed by atoms with van der Waals surface area (Å²) in [5.41, 5.74) is 0. The molecular weight excluding hydrogens is 202 g/mol. The molecule has 0 radical (unpaired) electrons. The first-order valence-electron chi connectivity index (χ1n) is 4.85. The van der Waals surface area contributed by atoms with Gasteiger partial charge in [0.05, 0.1) is 12.3 Å². The predicted octanol–water partition coefficient (Wildman–Crippen LogP) is 3.61. The molecule has 0 N–H and O–H groups in total. The van der Waals surface area contributed by atoms with Crippen LogP contribution in [0, 0.1) is 17.2 Å². The molecule has 0 aliphatic heterocycles. The van der Waals surface area contributed by atoms with Crippen molar-refractivity contribution in [2.45, 2.75) is 27.2 Å². The molecule has 0 aliphatic carbocycles. The van der Waals surface area contributed by atoms with Gasteiger partial charge in [0.25, 0.3) is 0 Å². The Morgan fingerprint density at radius 1 is 1.44 bits per heavy atom. The maximum Gasteiger partial charge on any atom is 0.307 e. The van der Waals surface area contributed by atoms with Crippen LogP contribution in [0.15, 0.2) is 38.2 Å². The van der Waals surface area contributed by atoms with E-state index in [1.807, 2.05) is 6.08 Å². The summed E-state index contributed by atoms with van der Waals surface area (Å²) in [4.78, 5) is 9.75. The van der Waals surface area contributed by atoms with Crippen molar-refractivity contribution in [3.8, 4) is 6.07 Å². The molecule has 0 spiro atoms. The molecule has 0 aromatic carbocycles. The highest BCUT2D eigenvalue weighted by Crippen LogP contribution is 1.96. The van der Waals surface area contributed by atoms with Gasteiger partial charge < -0.3 is 4.74 Å². The number of esters is 1. The molecule has 0 rings (SSSR count). The number of allylic oxidation sites excluding steroid dienone is 2. The van der Waals surface area contributed by atoms with Crippen LogP contribution in [-0.4, -0.2) is 5.97 Å². The highest BCUT2D eigenvalue weighted by molar-refractivity contribution is 5.66. The maximum absolute atomic E-state index is 9.75. The van der Waals surface area contributed by atoms with Crippen molar-refractivity contribution in [1.29, 1.82) is 5.26 Å². The molecule has 0 fully saturated rings. The van der Waals surface area contributed by atoms with Crippen LogP contribution in [0.1, 0.15) is 27.2 Å². The molecule has 0 heterocycles. The van der Waals surface area contributed by atoms with Gasteiger partial charge in [-0.05, 0) is 12.3 Å². The number of ether oxygens (including phenoxy) is 1. The molecule has 0 aliphatic rings. The number of hydrogen-bond acceptors (Lipinski definition) is 3. The summed E-state index contributed by atoms with van der Waals surface area (Å²) in [6, 6.07) is 1.69. The molecule has 0 saturated carbocycles. The van der Waals surface area contributed by atoms with Crippen molar-refractivity contribution < 1.29 is 9.53 Å². The zero-order chi connectivity index (χ0) is 13.4. The predicted molar refractivity (Wildman–Crippen MR) is 67.4 cm³/mol. The Balaban J connectivity index is -0.000000162. The van der Waals surface area contributed by atoms with Crippen LogP contribution in [-0.2, 0) is 9.53 Å². The normalized spacial score (nSPS) is 6.94. The van der Waals surface area contributed by atoms with Gasteiger partial charge in [-0.1, -0.05) is 33.1 Å². The van der Waals surface area contributed by atoms with E-state index in [4.69, 9.17) is 5.26 Å². The monoisotopic (exact) mass is 223 g/mol. The summed E-state index contributed by atoms with van der Waals surface area (Å²) in [6.45, 7) is 15.6. The van der Waals surface area contributed by atoms with Crippen molar-refractivity contribution in [3.63, 3.8) is 0 Å². The lowest BCUT2D eigenvalue weighted by Crippen LogP contribution is -1.87. The van der Waals surface area contributed by atoms with E-state index in [-0.39, 0.29) is 5.97 Å². The van der Waals surface area contributed by atoms with Gasteiger partial charge in [0.1, 0.15) is 0 Å². The summed E-state index contributed by atoms with van der Waals surface area (Å²) >= 11 is 0. The Bertz CT molecular complexity index is 237. The maximum atomic E-state index is 9.75. The average Bonchev–Trinajstić information content (AvgIpc) is 2.18. The van der Waals surface area contributed by atoms with Gasteiger partial charge in [-0.2, -0.15) is 5.26 Å². The Labute approximate surface area is 98.7 Å². The van der Waals surface area contributed by atoms with Crippen LogP contribution in [0.25, 0.3) is 0 Å². The Morgan fingerprint density at radius 3 is 1.88 bits per heavy atom. The molecule has 90 valence electrons. The van der Waals surface area contributed by atoms with E-state index >= 15 is 0 Å². The fourth-order valence-corrected chi connectivity index (χ4v) is 0.451. The first kappa shape index (κ1) is 19.7. The lowest BCUT2D eigenvalue weighted by Gasteiger charge is -1.92. The number of carbonyl (C=O) groups is 1. The molecule has 3 heteroatoms. The fraction of sp³-hybridized carbons (Fsp3) is 0.385. The number of rotatable bonds is 3. The molecule has 0 aromatic heterocycles. The molecule has 0 amide bonds. The van der Waals surface area contributed by atoms with Crippen LogP contribution >= 0.6 is 0 Å². The lowest BCUT2D eigenvalue weighted by molar-refractivity contribution is -0.135. The molecule has 0 saturated heterocycles. The van der Waals surface area contributed by atoms with Crippen LogP contribution in [0.2, 0.25) is 0 Å². The standard InChI is InChI=1S/C6H12.C4H6O2.C3H3N/c1-4-5-6(2)3;1-3-6-4(2)5;1-2-3-4/h4,6H,1,5H2,2-3H3;3H,1H2,2H3;2H,1H2. The zero-order valence-electron chi connectivity index (χ0n) is 10.4. The summed E-state index contributed by atoms with van der Waals surface area (Å²) in [5.74, 6) is 0.451. The molecule has 3 nitrogen and oxygen atoms in total. The molecule has 0 aromatic rings. The van der Waals surface area contributed by atoms with Crippen molar-refractivity contribution in [1.82, 2.24) is 0 Å². The topological polar surface area (TPSA) is 50.1 Å². The van der Waals surface area contributed by atoms with E-state index in [0.717, 1.165) is 18.6 Å². The highest BCUT2D eigenvalue weighted by atomic mass is 16.5. The van der Waals surface area contributed by atoms with E-state index < -0.39 is 0 Å². The Kier molecular flexibility index (Phi) is 23.2. The second-order valence-electron chi connectivity index (χ2n) is 3.03. The first-order chi connectivity index (χ1) is 7.45. The zero-order valence-corrected chi connectivity index (χ0v) is 10.4. The smallest absolute Gasteiger partial charge is 0.307 e. The molecule has 16 heavy (non-hydrogen) atoms. The van der Waals surface area contributed by atoms with Gasteiger partial charge >= 0.3 is 5.97 Å². The van der Waals surface area contributed by atoms with Crippen molar-refractivity contribution in [2.24, 2.45) is 5.92 Å². The number of carbonyl (C=O) groups excluding carboxylic acids is 1. The van der Waals surface area contributed by atoms with E-state index in [9.17, 15) is 4.79 Å². The van der Waals surface area contributed by atoms with E-state index in [1.54, 1.807) is 6.07 Å². The SMILES string of the molecule is C=CC#N.C=CCC(C)C.C=COC(C)=O. The third-order valence-electron chi connectivity index (χ3n) is 0.979. The second kappa shape index (κ2) is 18.9. The van der Waals surface area contributed by atoms with Crippen LogP contribution in [0.3, 0.4) is 0 Å². The Hall–Kier alpha value is -1.82. The Morgan fingerprint density at radius 2 is 1.88 bits per heavy atom. The van der Waals surface area contributed by atoms with Gasteiger partial charge in [-0.25, -0.2) is 0 Å². The third kappa shape index (κ3) is 56.7. The summed E-state index contributed by atoms with van der Waals surface area (Å²) in [6.07, 6.45) is 5.37. The first-order valence-corrected chi connectivity index (χ1v) is 4.85. The van der Waals surface area contributed by atoms with Gasteiger partial charge in [-0.15, -0.1) is 6.58 Å². The quantitative estimate of drug-likeness (QED) is 0.318. The summed E-state index contributed by atoms with van der Waals surface area (Å²) < 4.78 is 4.17. The van der Waals surface area contributed by atoms with E-state index in [2.05, 4.69) is 38.3 Å². The van der Waals surface area contributed by atoms with Crippen LogP contribution in [0.4, 0.5) is 0 Å². The fourth-order valence-electron chi connectivity index (χ4n) is 0.451. The minimum Gasteiger partial charge on any atom is -0.435 e. The van der Waals surface area contributed by atoms with E-state index in [0.29, 0.717) is 0 Å². The molecular formula is C13H21NO2.